The first-order valence-corrected chi connectivity index (χ1v) is 7.26. The SMILES string of the molecule is CCCCn1nnnc1CSc1cc(C(=O)O)ccn1. The van der Waals surface area contributed by atoms with Crippen molar-refractivity contribution in [3.8, 4) is 0 Å². The number of tetrazole rings is 1. The van der Waals surface area contributed by atoms with Crippen molar-refractivity contribution in [1.29, 1.82) is 0 Å². The van der Waals surface area contributed by atoms with Crippen LogP contribution in [0, 0.1) is 0 Å². The number of pyridine rings is 1. The molecule has 0 bridgehead atoms. The Hall–Kier alpha value is -1.96. The molecule has 0 aliphatic heterocycles. The lowest BCUT2D eigenvalue weighted by Gasteiger charge is -2.03. The topological polar surface area (TPSA) is 93.8 Å². The van der Waals surface area contributed by atoms with Gasteiger partial charge in [0, 0.05) is 12.7 Å². The average molecular weight is 293 g/mol. The zero-order valence-corrected chi connectivity index (χ0v) is 11.9. The van der Waals surface area contributed by atoms with E-state index in [-0.39, 0.29) is 5.56 Å². The fraction of sp³-hybridized carbons (Fsp3) is 0.417. The number of carboxylic acids is 1. The Labute approximate surface area is 120 Å². The molecular formula is C12H15N5O2S. The van der Waals surface area contributed by atoms with Crippen molar-refractivity contribution in [2.75, 3.05) is 0 Å². The number of unbranched alkanes of at least 4 members (excludes halogenated alkanes) is 1. The van der Waals surface area contributed by atoms with Gasteiger partial charge in [-0.05, 0) is 29.0 Å². The standard InChI is InChI=1S/C12H15N5O2S/c1-2-3-6-17-10(14-15-16-17)8-20-11-7-9(12(18)19)4-5-13-11/h4-5,7H,2-3,6,8H2,1H3,(H,18,19). The summed E-state index contributed by atoms with van der Waals surface area (Å²) in [5.74, 6) is 0.375. The fourth-order valence-electron chi connectivity index (χ4n) is 1.57. The van der Waals surface area contributed by atoms with Crippen LogP contribution in [0.3, 0.4) is 0 Å². The third kappa shape index (κ3) is 3.77. The molecule has 7 nitrogen and oxygen atoms in total. The number of aromatic carboxylic acids is 1. The molecule has 8 heteroatoms. The van der Waals surface area contributed by atoms with Crippen LogP contribution in [0.25, 0.3) is 0 Å². The van der Waals surface area contributed by atoms with E-state index in [1.807, 2.05) is 0 Å². The Balaban J connectivity index is 2.00. The molecule has 2 aromatic rings. The summed E-state index contributed by atoms with van der Waals surface area (Å²) in [5.41, 5.74) is 0.230. The molecule has 0 fully saturated rings. The number of aryl methyl sites for hydroxylation is 1. The molecule has 0 saturated carbocycles. The second-order valence-electron chi connectivity index (χ2n) is 4.15. The van der Waals surface area contributed by atoms with Crippen molar-refractivity contribution in [3.63, 3.8) is 0 Å². The summed E-state index contributed by atoms with van der Waals surface area (Å²) in [6, 6.07) is 3.02. The minimum Gasteiger partial charge on any atom is -0.478 e. The van der Waals surface area contributed by atoms with Gasteiger partial charge in [0.2, 0.25) is 0 Å². The molecule has 1 N–H and O–H groups in total. The Morgan fingerprint density at radius 1 is 1.50 bits per heavy atom. The van der Waals surface area contributed by atoms with E-state index in [1.165, 1.54) is 24.0 Å². The Kier molecular flexibility index (Phi) is 5.05. The van der Waals surface area contributed by atoms with Gasteiger partial charge in [0.25, 0.3) is 0 Å². The Morgan fingerprint density at radius 2 is 2.35 bits per heavy atom. The van der Waals surface area contributed by atoms with Crippen LogP contribution in [0.5, 0.6) is 0 Å². The lowest BCUT2D eigenvalue weighted by molar-refractivity contribution is 0.0696. The predicted molar refractivity (Wildman–Crippen MR) is 73.5 cm³/mol. The van der Waals surface area contributed by atoms with E-state index < -0.39 is 5.97 Å². The van der Waals surface area contributed by atoms with E-state index in [2.05, 4.69) is 27.4 Å². The average Bonchev–Trinajstić information content (AvgIpc) is 2.90. The molecule has 0 aromatic carbocycles. The zero-order valence-electron chi connectivity index (χ0n) is 11.1. The molecule has 0 aliphatic carbocycles. The number of carboxylic acid groups (broad SMARTS) is 1. The Bertz CT molecular complexity index is 587. The molecule has 20 heavy (non-hydrogen) atoms. The van der Waals surface area contributed by atoms with Crippen molar-refractivity contribution in [1.82, 2.24) is 25.2 Å². The first-order valence-electron chi connectivity index (χ1n) is 6.28. The summed E-state index contributed by atoms with van der Waals surface area (Å²) < 4.78 is 1.78. The maximum absolute atomic E-state index is 10.9. The van der Waals surface area contributed by atoms with Crippen molar-refractivity contribution in [2.24, 2.45) is 0 Å². The summed E-state index contributed by atoms with van der Waals surface area (Å²) in [7, 11) is 0. The number of aromatic nitrogens is 5. The number of hydrogen-bond acceptors (Lipinski definition) is 6. The molecular weight excluding hydrogens is 278 g/mol. The monoisotopic (exact) mass is 293 g/mol. The van der Waals surface area contributed by atoms with Gasteiger partial charge < -0.3 is 5.11 Å². The highest BCUT2D eigenvalue weighted by Crippen LogP contribution is 2.20. The van der Waals surface area contributed by atoms with Crippen LogP contribution in [0.1, 0.15) is 35.9 Å². The second-order valence-corrected chi connectivity index (χ2v) is 5.14. The van der Waals surface area contributed by atoms with E-state index in [4.69, 9.17) is 5.11 Å². The van der Waals surface area contributed by atoms with Crippen LogP contribution in [0.4, 0.5) is 0 Å². The van der Waals surface area contributed by atoms with Crippen molar-refractivity contribution >= 4 is 17.7 Å². The van der Waals surface area contributed by atoms with Gasteiger partial charge in [-0.25, -0.2) is 14.5 Å². The largest absolute Gasteiger partial charge is 0.478 e. The summed E-state index contributed by atoms with van der Waals surface area (Å²) >= 11 is 1.42. The smallest absolute Gasteiger partial charge is 0.335 e. The quantitative estimate of drug-likeness (QED) is 0.778. The van der Waals surface area contributed by atoms with Crippen molar-refractivity contribution < 1.29 is 9.90 Å². The van der Waals surface area contributed by atoms with E-state index in [9.17, 15) is 4.79 Å². The number of thioether (sulfide) groups is 1. The molecule has 0 radical (unpaired) electrons. The van der Waals surface area contributed by atoms with Crippen molar-refractivity contribution in [2.45, 2.75) is 37.1 Å². The molecule has 0 saturated heterocycles. The minimum atomic E-state index is -0.956. The number of rotatable bonds is 7. The van der Waals surface area contributed by atoms with Gasteiger partial charge in [-0.3, -0.25) is 0 Å². The van der Waals surface area contributed by atoms with Crippen molar-refractivity contribution in [3.05, 3.63) is 29.7 Å². The van der Waals surface area contributed by atoms with Crippen LogP contribution in [-0.4, -0.2) is 36.3 Å². The van der Waals surface area contributed by atoms with Crippen LogP contribution in [0.15, 0.2) is 23.4 Å². The molecule has 106 valence electrons. The minimum absolute atomic E-state index is 0.230. The van der Waals surface area contributed by atoms with Gasteiger partial charge in [-0.2, -0.15) is 0 Å². The second kappa shape index (κ2) is 6.99. The number of hydrogen-bond donors (Lipinski definition) is 1. The lowest BCUT2D eigenvalue weighted by Crippen LogP contribution is -2.05. The summed E-state index contributed by atoms with van der Waals surface area (Å²) in [6.45, 7) is 2.90. The third-order valence-corrected chi connectivity index (χ3v) is 3.58. The maximum atomic E-state index is 10.9. The maximum Gasteiger partial charge on any atom is 0.335 e. The van der Waals surface area contributed by atoms with E-state index in [0.717, 1.165) is 25.2 Å². The lowest BCUT2D eigenvalue weighted by atomic mass is 10.3. The van der Waals surface area contributed by atoms with Crippen LogP contribution in [0.2, 0.25) is 0 Å². The molecule has 0 spiro atoms. The summed E-state index contributed by atoms with van der Waals surface area (Å²) in [6.07, 6.45) is 3.59. The molecule has 0 atom stereocenters. The van der Waals surface area contributed by atoms with Gasteiger partial charge in [-0.15, -0.1) is 5.10 Å². The van der Waals surface area contributed by atoms with E-state index in [0.29, 0.717) is 10.8 Å². The molecule has 2 aromatic heterocycles. The van der Waals surface area contributed by atoms with E-state index >= 15 is 0 Å². The molecule has 0 unspecified atom stereocenters. The van der Waals surface area contributed by atoms with Crippen LogP contribution in [-0.2, 0) is 12.3 Å². The van der Waals surface area contributed by atoms with Gasteiger partial charge >= 0.3 is 5.97 Å². The summed E-state index contributed by atoms with van der Waals surface area (Å²) in [5, 5.41) is 21.2. The number of nitrogens with zero attached hydrogens (tertiary/aromatic N) is 5. The highest BCUT2D eigenvalue weighted by atomic mass is 32.2. The third-order valence-electron chi connectivity index (χ3n) is 2.66. The van der Waals surface area contributed by atoms with Gasteiger partial charge in [0.15, 0.2) is 5.82 Å². The van der Waals surface area contributed by atoms with Gasteiger partial charge in [-0.1, -0.05) is 25.1 Å². The Morgan fingerprint density at radius 3 is 3.10 bits per heavy atom. The van der Waals surface area contributed by atoms with Crippen LogP contribution >= 0.6 is 11.8 Å². The molecule has 2 rings (SSSR count). The predicted octanol–water partition coefficient (Wildman–Crippen LogP) is 1.86. The fourth-order valence-corrected chi connectivity index (χ4v) is 2.40. The van der Waals surface area contributed by atoms with Crippen LogP contribution < -0.4 is 0 Å². The molecule has 2 heterocycles. The first-order chi connectivity index (χ1) is 9.70. The highest BCUT2D eigenvalue weighted by Gasteiger charge is 2.09. The first kappa shape index (κ1) is 14.4. The molecule has 0 aliphatic rings. The van der Waals surface area contributed by atoms with Gasteiger partial charge in [0.05, 0.1) is 16.3 Å². The highest BCUT2D eigenvalue weighted by molar-refractivity contribution is 7.98. The normalized spacial score (nSPS) is 10.7. The number of carbonyl (C=O) groups is 1. The molecule has 0 amide bonds. The summed E-state index contributed by atoms with van der Waals surface area (Å²) in [4.78, 5) is 15.0. The zero-order chi connectivity index (χ0) is 14.4. The van der Waals surface area contributed by atoms with E-state index in [1.54, 1.807) is 10.7 Å². The van der Waals surface area contributed by atoms with Gasteiger partial charge in [0.1, 0.15) is 0 Å².